The first-order chi connectivity index (χ1) is 8.14. The molecule has 0 amide bonds. The van der Waals surface area contributed by atoms with Crippen molar-refractivity contribution < 1.29 is 9.53 Å². The summed E-state index contributed by atoms with van der Waals surface area (Å²) in [5, 5.41) is 0. The second-order valence-corrected chi connectivity index (χ2v) is 4.72. The summed E-state index contributed by atoms with van der Waals surface area (Å²) in [6, 6.07) is 10.0. The molecule has 1 heterocycles. The monoisotopic (exact) mass is 230 g/mol. The van der Waals surface area contributed by atoms with Gasteiger partial charge < -0.3 is 4.74 Å². The minimum Gasteiger partial charge on any atom is -0.483 e. The number of hydrogen-bond donors (Lipinski definition) is 0. The van der Waals surface area contributed by atoms with Gasteiger partial charge in [0.15, 0.2) is 5.60 Å². The van der Waals surface area contributed by atoms with Crippen molar-refractivity contribution in [2.45, 2.75) is 38.7 Å². The summed E-state index contributed by atoms with van der Waals surface area (Å²) in [7, 11) is 0. The molecule has 1 atom stereocenters. The molecule has 0 unspecified atom stereocenters. The molecule has 0 spiro atoms. The van der Waals surface area contributed by atoms with Crippen molar-refractivity contribution in [3.05, 3.63) is 47.7 Å². The Morgan fingerprint density at radius 3 is 2.59 bits per heavy atom. The minimum absolute atomic E-state index is 0.0878. The molecule has 1 aromatic rings. The van der Waals surface area contributed by atoms with Crippen molar-refractivity contribution in [1.29, 1.82) is 0 Å². The van der Waals surface area contributed by atoms with Crippen molar-refractivity contribution in [3.63, 3.8) is 0 Å². The summed E-state index contributed by atoms with van der Waals surface area (Å²) < 4.78 is 5.82. The van der Waals surface area contributed by atoms with E-state index in [-0.39, 0.29) is 5.78 Å². The topological polar surface area (TPSA) is 26.3 Å². The molecule has 0 saturated heterocycles. The predicted octanol–water partition coefficient (Wildman–Crippen LogP) is 3.27. The maximum absolute atomic E-state index is 12.0. The van der Waals surface area contributed by atoms with Gasteiger partial charge in [0.25, 0.3) is 0 Å². The second kappa shape index (κ2) is 4.74. The zero-order chi connectivity index (χ0) is 12.3. The van der Waals surface area contributed by atoms with Gasteiger partial charge in [-0.15, -0.1) is 0 Å². The Balaban J connectivity index is 2.10. The van der Waals surface area contributed by atoms with Crippen LogP contribution in [0.2, 0.25) is 0 Å². The Hall–Kier alpha value is -1.57. The molecule has 1 aliphatic heterocycles. The molecule has 90 valence electrons. The molecule has 17 heavy (non-hydrogen) atoms. The Bertz CT molecular complexity index is 433. The summed E-state index contributed by atoms with van der Waals surface area (Å²) in [4.78, 5) is 12.0. The van der Waals surface area contributed by atoms with Crippen LogP contribution in [0.25, 0.3) is 0 Å². The lowest BCUT2D eigenvalue weighted by molar-refractivity contribution is -0.128. The summed E-state index contributed by atoms with van der Waals surface area (Å²) in [5.41, 5.74) is 0.431. The highest BCUT2D eigenvalue weighted by Gasteiger charge is 2.39. The van der Waals surface area contributed by atoms with Gasteiger partial charge in [0, 0.05) is 18.9 Å². The minimum atomic E-state index is -0.703. The zero-order valence-electron chi connectivity index (χ0n) is 10.4. The predicted molar refractivity (Wildman–Crippen MR) is 67.6 cm³/mol. The third kappa shape index (κ3) is 2.57. The van der Waals surface area contributed by atoms with Crippen LogP contribution in [0.4, 0.5) is 0 Å². The molecular formula is C15H18O2. The van der Waals surface area contributed by atoms with Crippen molar-refractivity contribution in [2.75, 3.05) is 0 Å². The lowest BCUT2D eigenvalue weighted by Gasteiger charge is -2.24. The van der Waals surface area contributed by atoms with Gasteiger partial charge in [-0.25, -0.2) is 0 Å². The molecule has 0 fully saturated rings. The van der Waals surface area contributed by atoms with Gasteiger partial charge in [-0.05, 0) is 18.9 Å². The number of ketones is 1. The molecule has 0 saturated carbocycles. The number of benzene rings is 1. The standard InChI is InChI=1S/C15H18O2/c1-3-7-13-10-14(16)15(2,17-13)11-12-8-5-4-6-9-12/h4-6,8-10H,3,7,11H2,1-2H3/t15-/m1/s1. The Morgan fingerprint density at radius 1 is 1.24 bits per heavy atom. The van der Waals surface area contributed by atoms with E-state index in [2.05, 4.69) is 6.92 Å². The van der Waals surface area contributed by atoms with E-state index in [0.29, 0.717) is 6.42 Å². The number of carbonyl (C=O) groups is 1. The molecule has 1 aliphatic rings. The van der Waals surface area contributed by atoms with Gasteiger partial charge in [0.05, 0.1) is 0 Å². The molecule has 2 heteroatoms. The van der Waals surface area contributed by atoms with Crippen LogP contribution in [0.3, 0.4) is 0 Å². The molecule has 0 aromatic heterocycles. The third-order valence-electron chi connectivity index (χ3n) is 3.05. The van der Waals surface area contributed by atoms with Gasteiger partial charge in [-0.2, -0.15) is 0 Å². The highest BCUT2D eigenvalue weighted by molar-refractivity contribution is 5.99. The summed E-state index contributed by atoms with van der Waals surface area (Å²) in [6.45, 7) is 3.96. The highest BCUT2D eigenvalue weighted by atomic mass is 16.5. The average Bonchev–Trinajstić information content (AvgIpc) is 2.56. The van der Waals surface area contributed by atoms with E-state index in [0.717, 1.165) is 24.2 Å². The summed E-state index contributed by atoms with van der Waals surface area (Å²) in [6.07, 6.45) is 4.14. The van der Waals surface area contributed by atoms with E-state index < -0.39 is 5.60 Å². The van der Waals surface area contributed by atoms with Gasteiger partial charge in [-0.1, -0.05) is 37.3 Å². The van der Waals surface area contributed by atoms with Crippen LogP contribution < -0.4 is 0 Å². The third-order valence-corrected chi connectivity index (χ3v) is 3.05. The van der Waals surface area contributed by atoms with E-state index in [1.807, 2.05) is 37.3 Å². The number of hydrogen-bond acceptors (Lipinski definition) is 2. The van der Waals surface area contributed by atoms with E-state index >= 15 is 0 Å². The number of rotatable bonds is 4. The van der Waals surface area contributed by atoms with E-state index in [1.54, 1.807) is 6.08 Å². The smallest absolute Gasteiger partial charge is 0.202 e. The largest absolute Gasteiger partial charge is 0.483 e. The molecule has 2 nitrogen and oxygen atoms in total. The lowest BCUT2D eigenvalue weighted by Crippen LogP contribution is -2.35. The van der Waals surface area contributed by atoms with Crippen LogP contribution in [-0.2, 0) is 16.0 Å². The lowest BCUT2D eigenvalue weighted by atomic mass is 9.93. The van der Waals surface area contributed by atoms with Crippen LogP contribution >= 0.6 is 0 Å². The first kappa shape index (κ1) is 11.9. The molecule has 1 aromatic carbocycles. The van der Waals surface area contributed by atoms with Crippen LogP contribution in [0, 0.1) is 0 Å². The quantitative estimate of drug-likeness (QED) is 0.793. The normalized spacial score (nSPS) is 23.4. The molecule has 0 N–H and O–H groups in total. The second-order valence-electron chi connectivity index (χ2n) is 4.72. The van der Waals surface area contributed by atoms with Crippen molar-refractivity contribution in [2.24, 2.45) is 0 Å². The maximum atomic E-state index is 12.0. The molecule has 0 bridgehead atoms. The highest BCUT2D eigenvalue weighted by Crippen LogP contribution is 2.30. The summed E-state index contributed by atoms with van der Waals surface area (Å²) in [5.74, 6) is 0.917. The molecular weight excluding hydrogens is 212 g/mol. The van der Waals surface area contributed by atoms with Gasteiger partial charge in [0.2, 0.25) is 5.78 Å². The first-order valence-corrected chi connectivity index (χ1v) is 6.12. The van der Waals surface area contributed by atoms with Crippen molar-refractivity contribution in [3.8, 4) is 0 Å². The Morgan fingerprint density at radius 2 is 1.94 bits per heavy atom. The van der Waals surface area contributed by atoms with Crippen LogP contribution in [0.15, 0.2) is 42.2 Å². The first-order valence-electron chi connectivity index (χ1n) is 6.12. The fourth-order valence-corrected chi connectivity index (χ4v) is 2.15. The van der Waals surface area contributed by atoms with E-state index in [9.17, 15) is 4.79 Å². The molecule has 2 rings (SSSR count). The molecule has 0 radical (unpaired) electrons. The number of ether oxygens (including phenoxy) is 1. The zero-order valence-corrected chi connectivity index (χ0v) is 10.4. The average molecular weight is 230 g/mol. The summed E-state index contributed by atoms with van der Waals surface area (Å²) >= 11 is 0. The van der Waals surface area contributed by atoms with Crippen LogP contribution in [-0.4, -0.2) is 11.4 Å². The van der Waals surface area contributed by atoms with Gasteiger partial charge in [0.1, 0.15) is 5.76 Å². The number of carbonyl (C=O) groups excluding carboxylic acids is 1. The maximum Gasteiger partial charge on any atom is 0.202 e. The Kier molecular flexibility index (Phi) is 3.32. The van der Waals surface area contributed by atoms with Crippen molar-refractivity contribution in [1.82, 2.24) is 0 Å². The van der Waals surface area contributed by atoms with E-state index in [1.165, 1.54) is 0 Å². The van der Waals surface area contributed by atoms with Gasteiger partial charge >= 0.3 is 0 Å². The van der Waals surface area contributed by atoms with Gasteiger partial charge in [-0.3, -0.25) is 4.79 Å². The molecule has 0 aliphatic carbocycles. The van der Waals surface area contributed by atoms with E-state index in [4.69, 9.17) is 4.74 Å². The Labute approximate surface area is 102 Å². The SMILES string of the molecule is CCCC1=CC(=O)[C@@](C)(Cc2ccccc2)O1. The number of allylic oxidation sites excluding steroid dienone is 1. The van der Waals surface area contributed by atoms with Crippen LogP contribution in [0.5, 0.6) is 0 Å². The fourth-order valence-electron chi connectivity index (χ4n) is 2.15. The van der Waals surface area contributed by atoms with Crippen LogP contribution in [0.1, 0.15) is 32.3 Å². The van der Waals surface area contributed by atoms with Crippen molar-refractivity contribution >= 4 is 5.78 Å². The fraction of sp³-hybridized carbons (Fsp3) is 0.400.